The summed E-state index contributed by atoms with van der Waals surface area (Å²) in [5, 5.41) is 4.97. The molecule has 14 nitrogen and oxygen atoms in total. The zero-order valence-electron chi connectivity index (χ0n) is 38.6. The van der Waals surface area contributed by atoms with Crippen molar-refractivity contribution in [2.45, 2.75) is 175 Å². The number of imide groups is 1. The standard InChI is InChI=1S/C15H20N2O5.C13H23NO4.C9H16O2.3C2H6/c1-9(11(3)18)8-12(19)10(2)16-13(20)6-7-17-14(21)4-5-15(17)22;1-8(10(3)15)7-11(16)9(2)14-12(17)18-13(4,5)6;1-6(2)9(11)5-7(3)8(4)10;3*1-2/h4-5,9-10H,6-8H2,1-3H3,(H,16,20);8-9H,7H2,1-6H3,(H,14,17);6-7H,5H2,1-4H3;3*1-2H3/t9-,10+;8-,9+;7-;;;/m111.../s1. The maximum atomic E-state index is 11.9. The maximum Gasteiger partial charge on any atom is 0.408 e. The highest BCUT2D eigenvalue weighted by molar-refractivity contribution is 6.13. The van der Waals surface area contributed by atoms with Crippen molar-refractivity contribution in [3.05, 3.63) is 12.2 Å². The van der Waals surface area contributed by atoms with E-state index in [0.29, 0.717) is 6.42 Å². The van der Waals surface area contributed by atoms with Crippen LogP contribution in [-0.4, -0.2) is 87.6 Å². The summed E-state index contributed by atoms with van der Waals surface area (Å²) in [5.74, 6) is -2.32. The highest BCUT2D eigenvalue weighted by Crippen LogP contribution is 2.11. The third-order valence-corrected chi connectivity index (χ3v) is 7.79. The van der Waals surface area contributed by atoms with Gasteiger partial charge in [-0.2, -0.15) is 0 Å². The largest absolute Gasteiger partial charge is 0.444 e. The Labute approximate surface area is 343 Å². The van der Waals surface area contributed by atoms with Gasteiger partial charge in [-0.3, -0.25) is 48.1 Å². The lowest BCUT2D eigenvalue weighted by Gasteiger charge is -2.21. The minimum Gasteiger partial charge on any atom is -0.444 e. The van der Waals surface area contributed by atoms with Gasteiger partial charge in [0.2, 0.25) is 5.91 Å². The molecule has 14 heteroatoms. The number of ketones is 6. The smallest absolute Gasteiger partial charge is 0.408 e. The van der Waals surface area contributed by atoms with Gasteiger partial charge in [0, 0.05) is 68.1 Å². The van der Waals surface area contributed by atoms with Crippen LogP contribution in [0.15, 0.2) is 12.2 Å². The van der Waals surface area contributed by atoms with E-state index in [-0.39, 0.29) is 84.2 Å². The van der Waals surface area contributed by atoms with Crippen molar-refractivity contribution in [3.63, 3.8) is 0 Å². The van der Waals surface area contributed by atoms with Gasteiger partial charge in [-0.15, -0.1) is 0 Å². The van der Waals surface area contributed by atoms with Crippen LogP contribution in [0.2, 0.25) is 0 Å². The molecule has 0 saturated heterocycles. The van der Waals surface area contributed by atoms with Crippen molar-refractivity contribution in [1.29, 1.82) is 0 Å². The van der Waals surface area contributed by atoms with Gasteiger partial charge in [-0.05, 0) is 55.4 Å². The van der Waals surface area contributed by atoms with E-state index in [1.807, 2.05) is 55.4 Å². The highest BCUT2D eigenvalue weighted by Gasteiger charge is 2.26. The lowest BCUT2D eigenvalue weighted by atomic mass is 9.95. The van der Waals surface area contributed by atoms with Crippen LogP contribution in [0.3, 0.4) is 0 Å². The first-order valence-electron chi connectivity index (χ1n) is 20.1. The van der Waals surface area contributed by atoms with Crippen LogP contribution in [0, 0.1) is 23.7 Å². The van der Waals surface area contributed by atoms with Crippen LogP contribution >= 0.6 is 0 Å². The number of nitrogens with one attached hydrogen (secondary N) is 2. The van der Waals surface area contributed by atoms with Crippen molar-refractivity contribution in [2.75, 3.05) is 6.54 Å². The number of hydrogen-bond donors (Lipinski definition) is 2. The molecule has 4 amide bonds. The van der Waals surface area contributed by atoms with Gasteiger partial charge in [0.05, 0.1) is 12.1 Å². The first-order chi connectivity index (χ1) is 26.2. The number of alkyl carbamates (subject to hydrolysis) is 1. The molecule has 0 spiro atoms. The molecule has 1 aliphatic heterocycles. The second-order valence-electron chi connectivity index (χ2n) is 14.3. The third kappa shape index (κ3) is 32.4. The molecule has 0 saturated carbocycles. The third-order valence-electron chi connectivity index (χ3n) is 7.79. The Hall–Kier alpha value is -4.36. The topological polar surface area (TPSA) is 207 Å². The Morgan fingerprint density at radius 1 is 0.579 bits per heavy atom. The molecular formula is C43H77N3O11. The Kier molecular flexibility index (Phi) is 36.6. The van der Waals surface area contributed by atoms with Crippen molar-refractivity contribution >= 4 is 58.5 Å². The molecule has 0 aliphatic carbocycles. The molecule has 0 radical (unpaired) electrons. The van der Waals surface area contributed by atoms with E-state index in [4.69, 9.17) is 4.74 Å². The molecule has 1 heterocycles. The molecule has 330 valence electrons. The summed E-state index contributed by atoms with van der Waals surface area (Å²) in [6, 6.07) is -1.36. The van der Waals surface area contributed by atoms with Crippen LogP contribution < -0.4 is 10.6 Å². The molecule has 2 N–H and O–H groups in total. The van der Waals surface area contributed by atoms with Gasteiger partial charge in [0.1, 0.15) is 28.7 Å². The van der Waals surface area contributed by atoms with Gasteiger partial charge in [0.15, 0.2) is 11.6 Å². The summed E-state index contributed by atoms with van der Waals surface area (Å²) in [6.45, 7) is 33.6. The van der Waals surface area contributed by atoms with Gasteiger partial charge < -0.3 is 15.4 Å². The van der Waals surface area contributed by atoms with Crippen LogP contribution in [0.25, 0.3) is 0 Å². The van der Waals surface area contributed by atoms with Crippen molar-refractivity contribution < 1.29 is 52.7 Å². The quantitative estimate of drug-likeness (QED) is 0.143. The summed E-state index contributed by atoms with van der Waals surface area (Å²) in [4.78, 5) is 114. The zero-order valence-corrected chi connectivity index (χ0v) is 38.6. The molecule has 0 aromatic carbocycles. The predicted molar refractivity (Wildman–Crippen MR) is 224 cm³/mol. The number of ether oxygens (including phenoxy) is 1. The fourth-order valence-corrected chi connectivity index (χ4v) is 3.75. The summed E-state index contributed by atoms with van der Waals surface area (Å²) >= 11 is 0. The van der Waals surface area contributed by atoms with Crippen molar-refractivity contribution in [2.24, 2.45) is 23.7 Å². The Balaban J connectivity index is -0.000000232. The number of amides is 4. The maximum absolute atomic E-state index is 11.9. The Bertz CT molecular complexity index is 1310. The molecule has 1 rings (SSSR count). The average molecular weight is 812 g/mol. The average Bonchev–Trinajstić information content (AvgIpc) is 3.44. The first-order valence-corrected chi connectivity index (χ1v) is 20.1. The summed E-state index contributed by atoms with van der Waals surface area (Å²) < 4.78 is 5.04. The second-order valence-corrected chi connectivity index (χ2v) is 14.3. The fourth-order valence-electron chi connectivity index (χ4n) is 3.75. The van der Waals surface area contributed by atoms with Crippen LogP contribution in [0.1, 0.15) is 157 Å². The second kappa shape index (κ2) is 33.7. The van der Waals surface area contributed by atoms with Gasteiger partial charge in [-0.25, -0.2) is 4.79 Å². The first kappa shape index (κ1) is 61.9. The predicted octanol–water partition coefficient (Wildman–Crippen LogP) is 6.98. The zero-order chi connectivity index (χ0) is 46.4. The molecule has 0 aromatic heterocycles. The van der Waals surface area contributed by atoms with E-state index in [1.165, 1.54) is 20.8 Å². The monoisotopic (exact) mass is 812 g/mol. The minimum absolute atomic E-state index is 0.0265. The Morgan fingerprint density at radius 3 is 1.19 bits per heavy atom. The van der Waals surface area contributed by atoms with Crippen LogP contribution in [0.5, 0.6) is 0 Å². The molecule has 0 aromatic rings. The van der Waals surface area contributed by atoms with E-state index < -0.39 is 41.5 Å². The SMILES string of the molecule is CC.CC.CC.CC(=O)[C@H](C)CC(=O)C(C)C.CC(=O)[C@H](C)CC(=O)[C@H](C)NC(=O)CCN1C(=O)C=CC1=O.CC(=O)[C@H](C)CC(=O)[C@H](C)NC(=O)OC(C)(C)C. The van der Waals surface area contributed by atoms with E-state index >= 15 is 0 Å². The summed E-state index contributed by atoms with van der Waals surface area (Å²) in [5.41, 5.74) is -0.598. The number of rotatable bonds is 17. The van der Waals surface area contributed by atoms with Crippen molar-refractivity contribution in [1.82, 2.24) is 15.5 Å². The van der Waals surface area contributed by atoms with Crippen LogP contribution in [0.4, 0.5) is 4.79 Å². The fraction of sp³-hybridized carbons (Fsp3) is 0.721. The van der Waals surface area contributed by atoms with Crippen LogP contribution in [-0.2, 0) is 47.9 Å². The lowest BCUT2D eigenvalue weighted by Crippen LogP contribution is -2.42. The van der Waals surface area contributed by atoms with E-state index in [0.717, 1.165) is 17.1 Å². The number of carbonyl (C=O) groups is 10. The molecule has 57 heavy (non-hydrogen) atoms. The highest BCUT2D eigenvalue weighted by atomic mass is 16.6. The molecular weight excluding hydrogens is 734 g/mol. The number of carbonyl (C=O) groups excluding carboxylic acids is 10. The van der Waals surface area contributed by atoms with E-state index in [9.17, 15) is 47.9 Å². The number of hydrogen-bond acceptors (Lipinski definition) is 11. The number of Topliss-reactive ketones (excluding diaryl/α,β-unsaturated/α-hetero) is 6. The molecule has 5 atom stereocenters. The van der Waals surface area contributed by atoms with E-state index in [1.54, 1.807) is 55.4 Å². The van der Waals surface area contributed by atoms with Gasteiger partial charge in [-0.1, -0.05) is 76.2 Å². The minimum atomic E-state index is -0.711. The Morgan fingerprint density at radius 2 is 0.895 bits per heavy atom. The summed E-state index contributed by atoms with van der Waals surface area (Å²) in [7, 11) is 0. The normalized spacial score (nSPS) is 13.9. The molecule has 0 fully saturated rings. The molecule has 1 aliphatic rings. The molecule has 0 bridgehead atoms. The summed E-state index contributed by atoms with van der Waals surface area (Å²) in [6.07, 6.45) is 2.20. The van der Waals surface area contributed by atoms with E-state index in [2.05, 4.69) is 10.6 Å². The lowest BCUT2D eigenvalue weighted by molar-refractivity contribution is -0.137. The number of nitrogens with zero attached hydrogens (tertiary/aromatic N) is 1. The van der Waals surface area contributed by atoms with Crippen molar-refractivity contribution in [3.8, 4) is 0 Å². The van der Waals surface area contributed by atoms with Gasteiger partial charge >= 0.3 is 6.09 Å². The molecule has 0 unspecified atom stereocenters. The van der Waals surface area contributed by atoms with Gasteiger partial charge in [0.25, 0.3) is 11.8 Å².